The lowest BCUT2D eigenvalue weighted by molar-refractivity contribution is 1.28. The van der Waals surface area contributed by atoms with Crippen LogP contribution in [0.25, 0.3) is 76.8 Å². The van der Waals surface area contributed by atoms with Gasteiger partial charge in [-0.25, -0.2) is 0 Å². The minimum absolute atomic E-state index is 1.12. The van der Waals surface area contributed by atoms with Crippen LogP contribution in [0.3, 0.4) is 0 Å². The Labute approximate surface area is 322 Å². The fourth-order valence-corrected chi connectivity index (χ4v) is 8.33. The van der Waals surface area contributed by atoms with Gasteiger partial charge in [-0.2, -0.15) is 0 Å². The first kappa shape index (κ1) is 32.4. The summed E-state index contributed by atoms with van der Waals surface area (Å²) >= 11 is 0. The lowest BCUT2D eigenvalue weighted by Crippen LogP contribution is -2.09. The largest absolute Gasteiger partial charge is 0.311 e. The summed E-state index contributed by atoms with van der Waals surface area (Å²) < 4.78 is 0. The van der Waals surface area contributed by atoms with Crippen molar-refractivity contribution in [1.29, 1.82) is 0 Å². The highest BCUT2D eigenvalue weighted by Gasteiger charge is 2.22. The van der Waals surface area contributed by atoms with Crippen LogP contribution in [0.1, 0.15) is 0 Å². The molecular formula is C54H37N. The second-order valence-electron chi connectivity index (χ2n) is 14.1. The van der Waals surface area contributed by atoms with Crippen LogP contribution >= 0.6 is 0 Å². The van der Waals surface area contributed by atoms with E-state index in [4.69, 9.17) is 0 Å². The van der Waals surface area contributed by atoms with Crippen LogP contribution < -0.4 is 4.90 Å². The first-order valence-corrected chi connectivity index (χ1v) is 18.9. The number of fused-ring (bicyclic) bond motifs is 6. The van der Waals surface area contributed by atoms with Gasteiger partial charge < -0.3 is 4.90 Å². The third-order valence-electron chi connectivity index (χ3n) is 10.8. The molecule has 0 heterocycles. The Bertz CT molecular complexity index is 2880. The molecule has 0 aliphatic carbocycles. The number of rotatable bonds is 7. The van der Waals surface area contributed by atoms with Crippen molar-refractivity contribution >= 4 is 49.4 Å². The zero-order chi connectivity index (χ0) is 36.6. The van der Waals surface area contributed by atoms with Crippen molar-refractivity contribution in [3.05, 3.63) is 224 Å². The van der Waals surface area contributed by atoms with E-state index >= 15 is 0 Å². The van der Waals surface area contributed by atoms with E-state index in [1.54, 1.807) is 0 Å². The molecule has 0 unspecified atom stereocenters. The molecular weight excluding hydrogens is 663 g/mol. The first-order chi connectivity index (χ1) is 27.3. The second kappa shape index (κ2) is 14.0. The Balaban J connectivity index is 1.23. The molecule has 55 heavy (non-hydrogen) atoms. The van der Waals surface area contributed by atoms with Gasteiger partial charge in [0.2, 0.25) is 0 Å². The van der Waals surface area contributed by atoms with Gasteiger partial charge in [-0.1, -0.05) is 176 Å². The molecule has 0 fully saturated rings. The van der Waals surface area contributed by atoms with Gasteiger partial charge in [-0.05, 0) is 125 Å². The van der Waals surface area contributed by atoms with Gasteiger partial charge in [0, 0.05) is 17.1 Å². The molecule has 1 heteroatoms. The molecule has 0 aliphatic heterocycles. The van der Waals surface area contributed by atoms with Gasteiger partial charge in [-0.15, -0.1) is 0 Å². The van der Waals surface area contributed by atoms with Crippen LogP contribution in [0.15, 0.2) is 224 Å². The second-order valence-corrected chi connectivity index (χ2v) is 14.1. The number of hydrogen-bond acceptors (Lipinski definition) is 1. The summed E-state index contributed by atoms with van der Waals surface area (Å²) in [4.78, 5) is 2.31. The normalized spacial score (nSPS) is 11.3. The Kier molecular flexibility index (Phi) is 8.24. The van der Waals surface area contributed by atoms with Crippen LogP contribution in [-0.4, -0.2) is 0 Å². The van der Waals surface area contributed by atoms with E-state index in [0.717, 1.165) is 17.1 Å². The van der Waals surface area contributed by atoms with Crippen molar-refractivity contribution in [2.24, 2.45) is 0 Å². The summed E-state index contributed by atoms with van der Waals surface area (Å²) in [5.41, 5.74) is 13.1. The fraction of sp³-hybridized carbons (Fsp3) is 0. The Morgan fingerprint density at radius 1 is 0.236 bits per heavy atom. The number of nitrogens with zero attached hydrogens (tertiary/aromatic N) is 1. The quantitative estimate of drug-likeness (QED) is 0.150. The van der Waals surface area contributed by atoms with Crippen LogP contribution in [0.4, 0.5) is 17.1 Å². The topological polar surface area (TPSA) is 3.24 Å². The van der Waals surface area contributed by atoms with Gasteiger partial charge in [0.25, 0.3) is 0 Å². The molecule has 0 aliphatic rings. The maximum absolute atomic E-state index is 2.43. The van der Waals surface area contributed by atoms with Crippen molar-refractivity contribution < 1.29 is 0 Å². The fourth-order valence-electron chi connectivity index (χ4n) is 8.33. The number of anilines is 3. The van der Waals surface area contributed by atoms with Crippen molar-refractivity contribution in [2.75, 3.05) is 4.90 Å². The van der Waals surface area contributed by atoms with Gasteiger partial charge in [0.1, 0.15) is 0 Å². The molecule has 0 saturated heterocycles. The molecule has 0 aromatic heterocycles. The van der Waals surface area contributed by atoms with Gasteiger partial charge in [0.15, 0.2) is 0 Å². The van der Waals surface area contributed by atoms with E-state index in [1.165, 1.54) is 76.8 Å². The molecule has 0 amide bonds. The molecule has 0 saturated carbocycles. The van der Waals surface area contributed by atoms with E-state index in [-0.39, 0.29) is 0 Å². The maximum Gasteiger partial charge on any atom is 0.0462 e. The molecule has 0 atom stereocenters. The van der Waals surface area contributed by atoms with Gasteiger partial charge in [-0.3, -0.25) is 0 Å². The third-order valence-corrected chi connectivity index (χ3v) is 10.8. The van der Waals surface area contributed by atoms with Crippen LogP contribution in [0.5, 0.6) is 0 Å². The molecule has 258 valence electrons. The van der Waals surface area contributed by atoms with Gasteiger partial charge in [0.05, 0.1) is 0 Å². The molecule has 0 N–H and O–H groups in total. The Morgan fingerprint density at radius 2 is 0.673 bits per heavy atom. The summed E-state index contributed by atoms with van der Waals surface area (Å²) in [5.74, 6) is 0. The highest BCUT2D eigenvalue weighted by molar-refractivity contribution is 6.33. The van der Waals surface area contributed by atoms with Crippen molar-refractivity contribution in [2.45, 2.75) is 0 Å². The molecule has 10 aromatic rings. The van der Waals surface area contributed by atoms with E-state index in [1.807, 2.05) is 0 Å². The van der Waals surface area contributed by atoms with Crippen molar-refractivity contribution in [1.82, 2.24) is 0 Å². The molecule has 10 rings (SSSR count). The monoisotopic (exact) mass is 699 g/mol. The minimum atomic E-state index is 1.12. The van der Waals surface area contributed by atoms with E-state index in [2.05, 4.69) is 229 Å². The lowest BCUT2D eigenvalue weighted by Gasteiger charge is -2.25. The standard InChI is InChI=1S/C54H37N/c1-6-18-39(19-7-1)49-37-50(40-20-8-2-9-21-40)53-47-29-17-16-28-46(47)51-36-42(32-35-48(51)54(53)52(49)41-22-10-3-11-23-41)38-30-33-45(34-31-38)55(43-24-12-4-13-25-43)44-26-14-5-15-27-44/h1-37H. The van der Waals surface area contributed by atoms with Crippen molar-refractivity contribution in [3.8, 4) is 44.5 Å². The van der Waals surface area contributed by atoms with Crippen molar-refractivity contribution in [3.63, 3.8) is 0 Å². The first-order valence-electron chi connectivity index (χ1n) is 18.9. The lowest BCUT2D eigenvalue weighted by atomic mass is 9.81. The molecule has 0 spiro atoms. The van der Waals surface area contributed by atoms with Crippen LogP contribution in [0, 0.1) is 0 Å². The maximum atomic E-state index is 2.43. The van der Waals surface area contributed by atoms with E-state index in [9.17, 15) is 0 Å². The Hall–Kier alpha value is -7.22. The van der Waals surface area contributed by atoms with E-state index in [0.29, 0.717) is 0 Å². The molecule has 1 nitrogen and oxygen atoms in total. The summed E-state index contributed by atoms with van der Waals surface area (Å²) in [6.45, 7) is 0. The van der Waals surface area contributed by atoms with E-state index < -0.39 is 0 Å². The highest BCUT2D eigenvalue weighted by atomic mass is 15.1. The zero-order valence-corrected chi connectivity index (χ0v) is 30.3. The average molecular weight is 700 g/mol. The average Bonchev–Trinajstić information content (AvgIpc) is 3.27. The molecule has 0 radical (unpaired) electrons. The Morgan fingerprint density at radius 3 is 1.25 bits per heavy atom. The summed E-state index contributed by atoms with van der Waals surface area (Å²) in [5, 5.41) is 7.58. The predicted molar refractivity (Wildman–Crippen MR) is 235 cm³/mol. The predicted octanol–water partition coefficient (Wildman–Crippen LogP) is 15.3. The van der Waals surface area contributed by atoms with Crippen LogP contribution in [-0.2, 0) is 0 Å². The highest BCUT2D eigenvalue weighted by Crippen LogP contribution is 2.49. The third kappa shape index (κ3) is 5.84. The zero-order valence-electron chi connectivity index (χ0n) is 30.3. The number of hydrogen-bond donors (Lipinski definition) is 0. The smallest absolute Gasteiger partial charge is 0.0462 e. The SMILES string of the molecule is c1ccc(-c2cc(-c3ccccc3)c3c4ccccc4c4cc(-c5ccc(N(c6ccccc6)c6ccccc6)cc5)ccc4c3c2-c2ccccc2)cc1. The number of benzene rings is 10. The summed E-state index contributed by atoms with van der Waals surface area (Å²) in [6.07, 6.45) is 0. The summed E-state index contributed by atoms with van der Waals surface area (Å²) in [6, 6.07) is 81.3. The molecule has 0 bridgehead atoms. The summed E-state index contributed by atoms with van der Waals surface area (Å²) in [7, 11) is 0. The molecule has 10 aromatic carbocycles. The minimum Gasteiger partial charge on any atom is -0.311 e. The number of para-hydroxylation sites is 2. The van der Waals surface area contributed by atoms with Crippen LogP contribution in [0.2, 0.25) is 0 Å². The van der Waals surface area contributed by atoms with Gasteiger partial charge >= 0.3 is 0 Å².